The second kappa shape index (κ2) is 9.74. The van der Waals surface area contributed by atoms with Gasteiger partial charge >= 0.3 is 0 Å². The highest BCUT2D eigenvalue weighted by atomic mass is 16.5. The Bertz CT molecular complexity index is 1530. The lowest BCUT2D eigenvalue weighted by Crippen LogP contribution is -2.22. The van der Waals surface area contributed by atoms with Gasteiger partial charge in [-0.25, -0.2) is 9.97 Å². The number of aromatic nitrogens is 4. The Morgan fingerprint density at radius 2 is 1.89 bits per heavy atom. The predicted molar refractivity (Wildman–Crippen MR) is 148 cm³/mol. The largest absolute Gasteiger partial charge is 0.496 e. The second-order valence-corrected chi connectivity index (χ2v) is 10.4. The lowest BCUT2D eigenvalue weighted by molar-refractivity contribution is 0.0951. The standard InChI is InChI=1S/C30H35N5O3/c1-9-31-30(36)23-12-22(27(34-23)14(2)3)29-26-20-13-24(37-8)21(25-16(5)35-38-17(25)6)11-19(20)10-15(4)28(26)32-18(7)33-29/h11-15,34H,9-10H2,1-8H3,(H,31,36). The molecule has 0 radical (unpaired) electrons. The minimum Gasteiger partial charge on any atom is -0.496 e. The molecule has 3 heterocycles. The Labute approximate surface area is 223 Å². The van der Waals surface area contributed by atoms with Crippen molar-refractivity contribution in [3.8, 4) is 39.3 Å². The highest BCUT2D eigenvalue weighted by Crippen LogP contribution is 2.48. The molecule has 0 bridgehead atoms. The molecule has 5 rings (SSSR count). The molecular weight excluding hydrogens is 478 g/mol. The van der Waals surface area contributed by atoms with Gasteiger partial charge in [-0.15, -0.1) is 0 Å². The molecule has 0 saturated carbocycles. The van der Waals surface area contributed by atoms with E-state index in [1.165, 1.54) is 5.56 Å². The van der Waals surface area contributed by atoms with Crippen molar-refractivity contribution in [2.45, 2.75) is 66.7 Å². The van der Waals surface area contributed by atoms with E-state index in [1.54, 1.807) is 7.11 Å². The second-order valence-electron chi connectivity index (χ2n) is 10.4. The number of ether oxygens (including phenoxy) is 1. The molecule has 1 aliphatic rings. The van der Waals surface area contributed by atoms with Crippen LogP contribution in [0.3, 0.4) is 0 Å². The van der Waals surface area contributed by atoms with Crippen LogP contribution in [0.15, 0.2) is 22.7 Å². The topological polar surface area (TPSA) is 106 Å². The Hall–Kier alpha value is -3.94. The molecule has 8 heteroatoms. The van der Waals surface area contributed by atoms with Crippen molar-refractivity contribution < 1.29 is 14.1 Å². The summed E-state index contributed by atoms with van der Waals surface area (Å²) in [5.74, 6) is 2.44. The first-order valence-corrected chi connectivity index (χ1v) is 13.2. The number of amides is 1. The maximum absolute atomic E-state index is 12.8. The third-order valence-electron chi connectivity index (χ3n) is 7.30. The SMILES string of the molecule is CCNC(=O)c1cc(-c2nc(C)nc3c2-c2cc(OC)c(-c4c(C)noc4C)cc2CC3C)c(C(C)C)[nH]1. The minimum atomic E-state index is -0.125. The maximum atomic E-state index is 12.8. The molecule has 38 heavy (non-hydrogen) atoms. The highest BCUT2D eigenvalue weighted by molar-refractivity contribution is 5.96. The summed E-state index contributed by atoms with van der Waals surface area (Å²) >= 11 is 0. The molecule has 0 fully saturated rings. The van der Waals surface area contributed by atoms with E-state index in [4.69, 9.17) is 19.2 Å². The van der Waals surface area contributed by atoms with Gasteiger partial charge < -0.3 is 19.6 Å². The van der Waals surface area contributed by atoms with Gasteiger partial charge in [0.15, 0.2) is 0 Å². The van der Waals surface area contributed by atoms with Crippen LogP contribution in [0.2, 0.25) is 0 Å². The summed E-state index contributed by atoms with van der Waals surface area (Å²) < 4.78 is 11.4. The average molecular weight is 514 g/mol. The van der Waals surface area contributed by atoms with E-state index in [-0.39, 0.29) is 17.7 Å². The Balaban J connectivity index is 1.79. The molecule has 1 amide bonds. The van der Waals surface area contributed by atoms with Gasteiger partial charge in [-0.1, -0.05) is 25.9 Å². The molecule has 2 N–H and O–H groups in total. The zero-order valence-corrected chi connectivity index (χ0v) is 23.4. The number of methoxy groups -OCH3 is 1. The number of benzene rings is 1. The van der Waals surface area contributed by atoms with E-state index in [0.717, 1.165) is 68.5 Å². The first-order chi connectivity index (χ1) is 18.1. The van der Waals surface area contributed by atoms with Gasteiger partial charge in [-0.2, -0.15) is 0 Å². The molecule has 1 aliphatic carbocycles. The number of hydrogen-bond donors (Lipinski definition) is 2. The summed E-state index contributed by atoms with van der Waals surface area (Å²) in [7, 11) is 1.68. The van der Waals surface area contributed by atoms with Crippen LogP contribution >= 0.6 is 0 Å². The van der Waals surface area contributed by atoms with Crippen molar-refractivity contribution in [3.63, 3.8) is 0 Å². The quantitative estimate of drug-likeness (QED) is 0.315. The van der Waals surface area contributed by atoms with Gasteiger partial charge in [0.25, 0.3) is 5.91 Å². The molecule has 8 nitrogen and oxygen atoms in total. The van der Waals surface area contributed by atoms with Crippen LogP contribution in [0.5, 0.6) is 5.75 Å². The number of carbonyl (C=O) groups excluding carboxylic acids is 1. The van der Waals surface area contributed by atoms with E-state index in [2.05, 4.69) is 48.4 Å². The number of hydrogen-bond acceptors (Lipinski definition) is 6. The number of nitrogens with zero attached hydrogens (tertiary/aromatic N) is 3. The first kappa shape index (κ1) is 25.7. The van der Waals surface area contributed by atoms with E-state index in [9.17, 15) is 4.79 Å². The molecule has 198 valence electrons. The molecule has 0 spiro atoms. The molecular formula is C30H35N5O3. The molecule has 0 saturated heterocycles. The minimum absolute atomic E-state index is 0.125. The molecule has 1 unspecified atom stereocenters. The summed E-state index contributed by atoms with van der Waals surface area (Å²) in [6, 6.07) is 6.22. The fourth-order valence-corrected chi connectivity index (χ4v) is 5.60. The van der Waals surface area contributed by atoms with Crippen LogP contribution in [-0.2, 0) is 6.42 Å². The third-order valence-corrected chi connectivity index (χ3v) is 7.30. The number of aromatic amines is 1. The van der Waals surface area contributed by atoms with E-state index < -0.39 is 0 Å². The monoisotopic (exact) mass is 513 g/mol. The van der Waals surface area contributed by atoms with Crippen molar-refractivity contribution in [1.29, 1.82) is 0 Å². The van der Waals surface area contributed by atoms with Gasteiger partial charge in [0.05, 0.1) is 29.8 Å². The van der Waals surface area contributed by atoms with Crippen LogP contribution in [0, 0.1) is 20.8 Å². The van der Waals surface area contributed by atoms with Gasteiger partial charge in [-0.05, 0) is 69.4 Å². The van der Waals surface area contributed by atoms with Crippen molar-refractivity contribution >= 4 is 5.91 Å². The lowest BCUT2D eigenvalue weighted by atomic mass is 9.79. The fraction of sp³-hybridized carbons (Fsp3) is 0.400. The summed E-state index contributed by atoms with van der Waals surface area (Å²) in [5, 5.41) is 7.06. The first-order valence-electron chi connectivity index (χ1n) is 13.2. The molecule has 1 aromatic carbocycles. The number of rotatable bonds is 6. The van der Waals surface area contributed by atoms with Crippen molar-refractivity contribution in [1.82, 2.24) is 25.4 Å². The highest BCUT2D eigenvalue weighted by Gasteiger charge is 2.31. The van der Waals surface area contributed by atoms with Crippen LogP contribution in [0.1, 0.15) is 84.2 Å². The van der Waals surface area contributed by atoms with Crippen LogP contribution in [-0.4, -0.2) is 39.7 Å². The summed E-state index contributed by atoms with van der Waals surface area (Å²) in [6.07, 6.45) is 0.840. The summed E-state index contributed by atoms with van der Waals surface area (Å²) in [5.41, 5.74) is 10.3. The van der Waals surface area contributed by atoms with Crippen molar-refractivity contribution in [3.05, 3.63) is 58.1 Å². The summed E-state index contributed by atoms with van der Waals surface area (Å²) in [6.45, 7) is 14.7. The van der Waals surface area contributed by atoms with E-state index >= 15 is 0 Å². The molecule has 4 aromatic rings. The van der Waals surface area contributed by atoms with Gasteiger partial charge in [0, 0.05) is 34.8 Å². The third kappa shape index (κ3) is 4.18. The van der Waals surface area contributed by atoms with Crippen molar-refractivity contribution in [2.24, 2.45) is 0 Å². The molecule has 3 aromatic heterocycles. The fourth-order valence-electron chi connectivity index (χ4n) is 5.60. The van der Waals surface area contributed by atoms with Crippen LogP contribution in [0.25, 0.3) is 33.5 Å². The Morgan fingerprint density at radius 1 is 1.13 bits per heavy atom. The Kier molecular flexibility index (Phi) is 6.59. The van der Waals surface area contributed by atoms with E-state index in [0.29, 0.717) is 18.1 Å². The Morgan fingerprint density at radius 3 is 2.53 bits per heavy atom. The van der Waals surface area contributed by atoms with Gasteiger partial charge in [0.2, 0.25) is 0 Å². The molecule has 1 atom stereocenters. The van der Waals surface area contributed by atoms with Gasteiger partial charge in [-0.3, -0.25) is 4.79 Å². The molecule has 0 aliphatic heterocycles. The smallest absolute Gasteiger partial charge is 0.267 e. The lowest BCUT2D eigenvalue weighted by Gasteiger charge is -2.28. The van der Waals surface area contributed by atoms with E-state index in [1.807, 2.05) is 33.8 Å². The maximum Gasteiger partial charge on any atom is 0.267 e. The predicted octanol–water partition coefficient (Wildman–Crippen LogP) is 6.26. The number of carbonyl (C=O) groups is 1. The van der Waals surface area contributed by atoms with Crippen LogP contribution in [0.4, 0.5) is 0 Å². The normalized spacial score (nSPS) is 14.4. The zero-order valence-electron chi connectivity index (χ0n) is 23.4. The summed E-state index contributed by atoms with van der Waals surface area (Å²) in [4.78, 5) is 26.0. The number of H-pyrrole nitrogens is 1. The van der Waals surface area contributed by atoms with Crippen LogP contribution < -0.4 is 10.1 Å². The average Bonchev–Trinajstić information content (AvgIpc) is 3.47. The number of aryl methyl sites for hydroxylation is 3. The van der Waals surface area contributed by atoms with Crippen molar-refractivity contribution in [2.75, 3.05) is 13.7 Å². The number of fused-ring (bicyclic) bond motifs is 3. The number of nitrogens with one attached hydrogen (secondary N) is 2. The zero-order chi connectivity index (χ0) is 27.3. The van der Waals surface area contributed by atoms with Gasteiger partial charge in [0.1, 0.15) is 23.0 Å².